The van der Waals surface area contributed by atoms with Crippen LogP contribution in [-0.2, 0) is 6.54 Å². The van der Waals surface area contributed by atoms with Crippen LogP contribution in [0.5, 0.6) is 11.5 Å². The van der Waals surface area contributed by atoms with Crippen LogP contribution in [0.1, 0.15) is 5.56 Å². The van der Waals surface area contributed by atoms with Crippen molar-refractivity contribution in [3.63, 3.8) is 0 Å². The van der Waals surface area contributed by atoms with E-state index in [4.69, 9.17) is 13.9 Å². The Morgan fingerprint density at radius 1 is 0.966 bits per heavy atom. The normalized spacial score (nSPS) is 16.8. The van der Waals surface area contributed by atoms with Gasteiger partial charge in [0.15, 0.2) is 22.9 Å². The van der Waals surface area contributed by atoms with Gasteiger partial charge >= 0.3 is 0 Å². The highest BCUT2D eigenvalue weighted by atomic mass is 16.7. The molecule has 7 heteroatoms. The summed E-state index contributed by atoms with van der Waals surface area (Å²) in [5.41, 5.74) is 3.81. The molecule has 146 valence electrons. The van der Waals surface area contributed by atoms with E-state index in [1.807, 2.05) is 30.3 Å². The first-order valence-corrected chi connectivity index (χ1v) is 9.94. The number of hydrogen-bond donors (Lipinski definition) is 1. The van der Waals surface area contributed by atoms with Crippen molar-refractivity contribution in [2.75, 3.05) is 37.9 Å². The Morgan fingerprint density at radius 3 is 2.76 bits per heavy atom. The minimum Gasteiger partial charge on any atom is -0.454 e. The van der Waals surface area contributed by atoms with E-state index in [-0.39, 0.29) is 0 Å². The molecule has 1 N–H and O–H groups in total. The van der Waals surface area contributed by atoms with Crippen molar-refractivity contribution >= 4 is 27.9 Å². The molecule has 0 aliphatic carbocycles. The minimum atomic E-state index is 0.319. The number of ether oxygens (including phenoxy) is 2. The number of furan rings is 1. The molecular weight excluding hydrogens is 368 g/mol. The summed E-state index contributed by atoms with van der Waals surface area (Å²) in [6.45, 7) is 5.25. The monoisotopic (exact) mass is 389 g/mol. The molecule has 2 aliphatic rings. The van der Waals surface area contributed by atoms with Crippen molar-refractivity contribution in [2.45, 2.75) is 6.54 Å². The molecule has 0 amide bonds. The minimum absolute atomic E-state index is 0.319. The van der Waals surface area contributed by atoms with E-state index >= 15 is 0 Å². The van der Waals surface area contributed by atoms with Gasteiger partial charge in [0.2, 0.25) is 6.79 Å². The third-order valence-corrected chi connectivity index (χ3v) is 5.80. The highest BCUT2D eigenvalue weighted by Crippen LogP contribution is 2.33. The van der Waals surface area contributed by atoms with Gasteiger partial charge in [0.1, 0.15) is 24.0 Å². The fourth-order valence-corrected chi connectivity index (χ4v) is 4.29. The van der Waals surface area contributed by atoms with E-state index in [1.54, 1.807) is 11.2 Å². The summed E-state index contributed by atoms with van der Waals surface area (Å²) in [5.74, 6) is 2.59. The van der Waals surface area contributed by atoms with Gasteiger partial charge in [-0.1, -0.05) is 12.1 Å². The first kappa shape index (κ1) is 16.6. The number of nitrogens with one attached hydrogen (secondary N) is 1. The van der Waals surface area contributed by atoms with Crippen LogP contribution in [0.2, 0.25) is 0 Å². The number of rotatable bonds is 3. The summed E-state index contributed by atoms with van der Waals surface area (Å²) < 4.78 is 17.0. The van der Waals surface area contributed by atoms with Crippen LogP contribution in [0.4, 0.5) is 5.82 Å². The van der Waals surface area contributed by atoms with E-state index < -0.39 is 0 Å². The number of nitrogens with zero attached hydrogens (tertiary/aromatic N) is 3. The van der Waals surface area contributed by atoms with Gasteiger partial charge in [-0.05, 0) is 30.3 Å². The predicted molar refractivity (Wildman–Crippen MR) is 108 cm³/mol. The van der Waals surface area contributed by atoms with Crippen molar-refractivity contribution < 1.29 is 18.8 Å². The van der Waals surface area contributed by atoms with Gasteiger partial charge in [-0.25, -0.2) is 9.97 Å². The second-order valence-electron chi connectivity index (χ2n) is 7.57. The van der Waals surface area contributed by atoms with Gasteiger partial charge in [0.05, 0.1) is 26.2 Å². The Balaban J connectivity index is 1.20. The number of fused-ring (bicyclic) bond motifs is 4. The zero-order valence-corrected chi connectivity index (χ0v) is 15.9. The summed E-state index contributed by atoms with van der Waals surface area (Å²) in [6, 6.07) is 14.3. The second kappa shape index (κ2) is 6.63. The number of quaternary nitrogens is 1. The summed E-state index contributed by atoms with van der Waals surface area (Å²) >= 11 is 0. The Kier molecular flexibility index (Phi) is 3.80. The standard InChI is InChI=1S/C22H20N4O3/c1-2-4-17-16(3-1)20-21(29-17)22(24-13-23-20)26-9-7-25(8-10-26)12-15-5-6-18-19(11-15)28-14-27-18/h1-6,11,13H,7-10,12,14H2/p+1. The fourth-order valence-electron chi connectivity index (χ4n) is 4.29. The lowest BCUT2D eigenvalue weighted by Crippen LogP contribution is -3.13. The molecule has 0 radical (unpaired) electrons. The van der Waals surface area contributed by atoms with Gasteiger partial charge in [-0.2, -0.15) is 0 Å². The van der Waals surface area contributed by atoms with Crippen molar-refractivity contribution in [3.05, 3.63) is 54.4 Å². The largest absolute Gasteiger partial charge is 0.454 e. The van der Waals surface area contributed by atoms with Crippen molar-refractivity contribution in [3.8, 4) is 11.5 Å². The van der Waals surface area contributed by atoms with E-state index in [0.29, 0.717) is 6.79 Å². The Bertz CT molecular complexity index is 1200. The lowest BCUT2D eigenvalue weighted by atomic mass is 10.1. The molecule has 4 heterocycles. The highest BCUT2D eigenvalue weighted by Gasteiger charge is 2.25. The van der Waals surface area contributed by atoms with Gasteiger partial charge in [-0.15, -0.1) is 0 Å². The van der Waals surface area contributed by atoms with Gasteiger partial charge in [-0.3, -0.25) is 0 Å². The highest BCUT2D eigenvalue weighted by molar-refractivity contribution is 6.05. The molecule has 1 fully saturated rings. The van der Waals surface area contributed by atoms with Crippen molar-refractivity contribution in [2.24, 2.45) is 0 Å². The molecule has 0 unspecified atom stereocenters. The number of anilines is 1. The van der Waals surface area contributed by atoms with E-state index in [2.05, 4.69) is 27.0 Å². The first-order valence-electron chi connectivity index (χ1n) is 9.94. The molecule has 0 spiro atoms. The summed E-state index contributed by atoms with van der Waals surface area (Å²) in [4.78, 5) is 12.9. The maximum absolute atomic E-state index is 6.10. The lowest BCUT2D eigenvalue weighted by Gasteiger charge is -2.32. The smallest absolute Gasteiger partial charge is 0.231 e. The fraction of sp³-hybridized carbons (Fsp3) is 0.273. The van der Waals surface area contributed by atoms with Gasteiger partial charge in [0, 0.05) is 10.9 Å². The average Bonchev–Trinajstić information content (AvgIpc) is 3.38. The summed E-state index contributed by atoms with van der Waals surface area (Å²) in [5, 5.41) is 1.04. The Morgan fingerprint density at radius 2 is 1.83 bits per heavy atom. The second-order valence-corrected chi connectivity index (χ2v) is 7.57. The molecule has 0 bridgehead atoms. The van der Waals surface area contributed by atoms with Gasteiger partial charge in [0.25, 0.3) is 0 Å². The SMILES string of the molecule is c1ccc2c(c1)oc1c(N3CC[NH+](Cc4ccc5c(c4)OCO5)CC3)ncnc12. The molecule has 4 aromatic rings. The molecule has 2 aromatic heterocycles. The molecule has 2 aliphatic heterocycles. The quantitative estimate of drug-likeness (QED) is 0.578. The zero-order valence-electron chi connectivity index (χ0n) is 15.9. The third-order valence-electron chi connectivity index (χ3n) is 5.80. The summed E-state index contributed by atoms with van der Waals surface area (Å²) in [7, 11) is 0. The maximum Gasteiger partial charge on any atom is 0.231 e. The predicted octanol–water partition coefficient (Wildman–Crippen LogP) is 2.01. The first-order chi connectivity index (χ1) is 14.3. The van der Waals surface area contributed by atoms with Crippen molar-refractivity contribution in [1.82, 2.24) is 9.97 Å². The van der Waals surface area contributed by atoms with Crippen molar-refractivity contribution in [1.29, 1.82) is 0 Å². The molecule has 29 heavy (non-hydrogen) atoms. The number of benzene rings is 2. The molecule has 1 saturated heterocycles. The van der Waals surface area contributed by atoms with Crippen LogP contribution < -0.4 is 19.3 Å². The molecular formula is C22H21N4O3+. The molecule has 7 nitrogen and oxygen atoms in total. The number of piperazine rings is 1. The average molecular weight is 389 g/mol. The number of aromatic nitrogens is 2. The van der Waals surface area contributed by atoms with Crippen LogP contribution in [0.25, 0.3) is 22.1 Å². The molecule has 0 saturated carbocycles. The zero-order chi connectivity index (χ0) is 19.2. The Hall–Kier alpha value is -3.32. The maximum atomic E-state index is 6.10. The van der Waals surface area contributed by atoms with Crippen LogP contribution in [0.15, 0.2) is 53.2 Å². The molecule has 6 rings (SSSR count). The van der Waals surface area contributed by atoms with E-state index in [1.165, 1.54) is 5.56 Å². The Labute approximate surface area is 167 Å². The third kappa shape index (κ3) is 2.86. The van der Waals surface area contributed by atoms with E-state index in [0.717, 1.165) is 72.1 Å². The number of para-hydroxylation sites is 1. The van der Waals surface area contributed by atoms with Crippen LogP contribution in [-0.4, -0.2) is 42.9 Å². The molecule has 0 atom stereocenters. The van der Waals surface area contributed by atoms with Crippen LogP contribution in [0.3, 0.4) is 0 Å². The number of hydrogen-bond acceptors (Lipinski definition) is 6. The molecule has 2 aromatic carbocycles. The van der Waals surface area contributed by atoms with E-state index in [9.17, 15) is 0 Å². The van der Waals surface area contributed by atoms with Gasteiger partial charge < -0.3 is 23.7 Å². The topological polar surface area (TPSA) is 65.1 Å². The van der Waals surface area contributed by atoms with Crippen LogP contribution >= 0.6 is 0 Å². The van der Waals surface area contributed by atoms with Crippen LogP contribution in [0, 0.1) is 0 Å². The lowest BCUT2D eigenvalue weighted by molar-refractivity contribution is -0.914. The summed E-state index contributed by atoms with van der Waals surface area (Å²) in [6.07, 6.45) is 1.64.